The minimum absolute atomic E-state index is 0.0364. The van der Waals surface area contributed by atoms with E-state index in [9.17, 15) is 13.2 Å². The van der Waals surface area contributed by atoms with E-state index in [-0.39, 0.29) is 23.7 Å². The molecule has 0 N–H and O–H groups in total. The molecule has 0 unspecified atom stereocenters. The molecule has 6 nitrogen and oxygen atoms in total. The Morgan fingerprint density at radius 2 is 1.66 bits per heavy atom. The number of carbonyl (C=O) groups excluding carboxylic acids is 1. The van der Waals surface area contributed by atoms with Crippen molar-refractivity contribution >= 4 is 33.3 Å². The van der Waals surface area contributed by atoms with Crippen LogP contribution in [0.2, 0.25) is 5.02 Å². The van der Waals surface area contributed by atoms with Gasteiger partial charge in [-0.15, -0.1) is 0 Å². The van der Waals surface area contributed by atoms with Gasteiger partial charge in [0.05, 0.1) is 21.2 Å². The zero-order chi connectivity index (χ0) is 22.6. The number of sulfonamides is 1. The minimum Gasteiger partial charge on any atom is -0.488 e. The molecule has 1 aliphatic heterocycles. The van der Waals surface area contributed by atoms with Crippen molar-refractivity contribution in [3.63, 3.8) is 0 Å². The van der Waals surface area contributed by atoms with Gasteiger partial charge in [0.2, 0.25) is 0 Å². The Labute approximate surface area is 192 Å². The van der Waals surface area contributed by atoms with Crippen LogP contribution in [0, 0.1) is 0 Å². The zero-order valence-corrected chi connectivity index (χ0v) is 18.8. The zero-order valence-electron chi connectivity index (χ0n) is 17.2. The number of halogens is 1. The first-order chi connectivity index (χ1) is 15.5. The summed E-state index contributed by atoms with van der Waals surface area (Å²) in [4.78, 5) is 12.4. The van der Waals surface area contributed by atoms with Crippen molar-refractivity contribution in [2.75, 3.05) is 24.1 Å². The van der Waals surface area contributed by atoms with Crippen LogP contribution in [-0.2, 0) is 21.2 Å². The largest absolute Gasteiger partial charge is 0.488 e. The number of hydrogen-bond acceptors (Lipinski definition) is 5. The van der Waals surface area contributed by atoms with Crippen molar-refractivity contribution in [3.05, 3.63) is 88.9 Å². The number of aryl methyl sites for hydroxylation is 1. The predicted octanol–water partition coefficient (Wildman–Crippen LogP) is 4.72. The van der Waals surface area contributed by atoms with Crippen LogP contribution < -0.4 is 9.04 Å². The summed E-state index contributed by atoms with van der Waals surface area (Å²) < 4.78 is 38.5. The molecule has 0 bridgehead atoms. The Bertz CT molecular complexity index is 1210. The molecule has 8 heteroatoms. The normalized spacial score (nSPS) is 13.3. The molecule has 3 aromatic carbocycles. The molecule has 0 saturated heterocycles. The molecule has 3 aromatic rings. The second-order valence-corrected chi connectivity index (χ2v) is 9.52. The lowest BCUT2D eigenvalue weighted by atomic mass is 10.0. The third-order valence-corrected chi connectivity index (χ3v) is 7.30. The van der Waals surface area contributed by atoms with E-state index < -0.39 is 16.0 Å². The first-order valence-corrected chi connectivity index (χ1v) is 12.0. The number of benzene rings is 3. The summed E-state index contributed by atoms with van der Waals surface area (Å²) >= 11 is 6.01. The van der Waals surface area contributed by atoms with Crippen LogP contribution >= 0.6 is 11.6 Å². The molecule has 166 valence electrons. The highest BCUT2D eigenvalue weighted by Gasteiger charge is 2.29. The Morgan fingerprint density at radius 1 is 0.938 bits per heavy atom. The molecule has 32 heavy (non-hydrogen) atoms. The Hall–Kier alpha value is -3.03. The topological polar surface area (TPSA) is 72.9 Å². The van der Waals surface area contributed by atoms with Crippen molar-refractivity contribution in [2.45, 2.75) is 17.7 Å². The predicted molar refractivity (Wildman–Crippen MR) is 123 cm³/mol. The van der Waals surface area contributed by atoms with Gasteiger partial charge in [0.25, 0.3) is 10.0 Å². The summed E-state index contributed by atoms with van der Waals surface area (Å²) in [6.45, 7) is 0.611. The van der Waals surface area contributed by atoms with Gasteiger partial charge in [-0.25, -0.2) is 13.2 Å². The standard InChI is InChI=1S/C24H22ClNO5S/c25-21-8-2-4-10-23(21)30-16-17-31-24(27)19-11-13-20(14-12-19)32(28,29)26-15-5-7-18-6-1-3-9-22(18)26/h1-4,6,8-14H,5,7,15-17H2. The number of rotatable bonds is 7. The molecule has 0 radical (unpaired) electrons. The number of para-hydroxylation sites is 2. The number of esters is 1. The summed E-state index contributed by atoms with van der Waals surface area (Å²) in [5, 5.41) is 0.479. The maximum atomic E-state index is 13.2. The SMILES string of the molecule is O=C(OCCOc1ccccc1Cl)c1ccc(S(=O)(=O)N2CCCc3ccccc32)cc1. The average Bonchev–Trinajstić information content (AvgIpc) is 2.82. The molecule has 0 spiro atoms. The van der Waals surface area contributed by atoms with Crippen LogP contribution in [0.5, 0.6) is 5.75 Å². The van der Waals surface area contributed by atoms with Gasteiger partial charge in [0, 0.05) is 6.54 Å². The van der Waals surface area contributed by atoms with Crippen molar-refractivity contribution in [3.8, 4) is 5.75 Å². The highest BCUT2D eigenvalue weighted by molar-refractivity contribution is 7.92. The van der Waals surface area contributed by atoms with E-state index in [0.717, 1.165) is 18.4 Å². The number of ether oxygens (including phenoxy) is 2. The maximum absolute atomic E-state index is 13.2. The van der Waals surface area contributed by atoms with Crippen molar-refractivity contribution in [1.82, 2.24) is 0 Å². The maximum Gasteiger partial charge on any atom is 0.338 e. The van der Waals surface area contributed by atoms with Gasteiger partial charge in [-0.1, -0.05) is 41.9 Å². The van der Waals surface area contributed by atoms with Gasteiger partial charge < -0.3 is 9.47 Å². The number of fused-ring (bicyclic) bond motifs is 1. The second-order valence-electron chi connectivity index (χ2n) is 7.25. The molecule has 0 aliphatic carbocycles. The highest BCUT2D eigenvalue weighted by Crippen LogP contribution is 2.31. The van der Waals surface area contributed by atoms with Crippen LogP contribution in [0.4, 0.5) is 5.69 Å². The molecular formula is C24H22ClNO5S. The van der Waals surface area contributed by atoms with E-state index in [4.69, 9.17) is 21.1 Å². The van der Waals surface area contributed by atoms with E-state index >= 15 is 0 Å². The number of carbonyl (C=O) groups is 1. The molecule has 4 rings (SSSR count). The highest BCUT2D eigenvalue weighted by atomic mass is 35.5. The quantitative estimate of drug-likeness (QED) is 0.368. The fourth-order valence-corrected chi connectivity index (χ4v) is 5.30. The summed E-state index contributed by atoms with van der Waals surface area (Å²) in [5.74, 6) is -0.0425. The first-order valence-electron chi connectivity index (χ1n) is 10.2. The lowest BCUT2D eigenvalue weighted by Crippen LogP contribution is -2.35. The average molecular weight is 472 g/mol. The fourth-order valence-electron chi connectivity index (χ4n) is 3.57. The molecular weight excluding hydrogens is 450 g/mol. The monoisotopic (exact) mass is 471 g/mol. The number of nitrogens with zero attached hydrogens (tertiary/aromatic N) is 1. The minimum atomic E-state index is -3.72. The van der Waals surface area contributed by atoms with E-state index in [1.165, 1.54) is 28.6 Å². The third kappa shape index (κ3) is 4.74. The van der Waals surface area contributed by atoms with Gasteiger partial charge in [0.1, 0.15) is 19.0 Å². The van der Waals surface area contributed by atoms with Gasteiger partial charge in [-0.05, 0) is 60.9 Å². The third-order valence-electron chi connectivity index (χ3n) is 5.16. The molecule has 0 fully saturated rings. The van der Waals surface area contributed by atoms with E-state index in [1.807, 2.05) is 24.3 Å². The lowest BCUT2D eigenvalue weighted by Gasteiger charge is -2.30. The second kappa shape index (κ2) is 9.63. The van der Waals surface area contributed by atoms with E-state index in [0.29, 0.717) is 23.0 Å². The van der Waals surface area contributed by atoms with E-state index in [2.05, 4.69) is 0 Å². The molecule has 0 aromatic heterocycles. The molecule has 1 heterocycles. The summed E-state index contributed by atoms with van der Waals surface area (Å²) in [6.07, 6.45) is 1.62. The molecule has 0 atom stereocenters. The Morgan fingerprint density at radius 3 is 2.44 bits per heavy atom. The van der Waals surface area contributed by atoms with Crippen LogP contribution in [0.25, 0.3) is 0 Å². The summed E-state index contributed by atoms with van der Waals surface area (Å²) in [7, 11) is -3.72. The van der Waals surface area contributed by atoms with Gasteiger partial charge in [-0.3, -0.25) is 4.31 Å². The van der Waals surface area contributed by atoms with Gasteiger partial charge in [-0.2, -0.15) is 0 Å². The lowest BCUT2D eigenvalue weighted by molar-refractivity contribution is 0.0450. The Balaban J connectivity index is 1.38. The van der Waals surface area contributed by atoms with Crippen LogP contribution in [-0.4, -0.2) is 34.1 Å². The van der Waals surface area contributed by atoms with Crippen LogP contribution in [0.3, 0.4) is 0 Å². The molecule has 0 saturated carbocycles. The smallest absolute Gasteiger partial charge is 0.338 e. The van der Waals surface area contributed by atoms with E-state index in [1.54, 1.807) is 24.3 Å². The fraction of sp³-hybridized carbons (Fsp3) is 0.208. The number of anilines is 1. The first kappa shape index (κ1) is 22.2. The van der Waals surface area contributed by atoms with Gasteiger partial charge >= 0.3 is 5.97 Å². The summed E-state index contributed by atoms with van der Waals surface area (Å²) in [6, 6.07) is 20.3. The molecule has 0 amide bonds. The number of hydrogen-bond donors (Lipinski definition) is 0. The van der Waals surface area contributed by atoms with Crippen LogP contribution in [0.1, 0.15) is 22.3 Å². The van der Waals surface area contributed by atoms with Crippen LogP contribution in [0.15, 0.2) is 77.7 Å². The summed E-state index contributed by atoms with van der Waals surface area (Å²) in [5.41, 5.74) is 1.99. The molecule has 1 aliphatic rings. The van der Waals surface area contributed by atoms with Crippen molar-refractivity contribution < 1.29 is 22.7 Å². The van der Waals surface area contributed by atoms with Gasteiger partial charge in [0.15, 0.2) is 0 Å². The van der Waals surface area contributed by atoms with Crippen molar-refractivity contribution in [1.29, 1.82) is 0 Å². The Kier molecular flexibility index (Phi) is 6.67. The van der Waals surface area contributed by atoms with Crippen molar-refractivity contribution in [2.24, 2.45) is 0 Å².